The molecule has 14 nitrogen and oxygen atoms in total. The van der Waals surface area contributed by atoms with Gasteiger partial charge in [-0.2, -0.15) is 0 Å². The van der Waals surface area contributed by atoms with Gasteiger partial charge in [-0.15, -0.1) is 0 Å². The first kappa shape index (κ1) is 32.5. The molecule has 4 aliphatic rings. The van der Waals surface area contributed by atoms with E-state index in [1.54, 1.807) is 13.0 Å². The van der Waals surface area contributed by atoms with Gasteiger partial charge in [0, 0.05) is 16.6 Å². The number of ether oxygens (including phenoxy) is 5. The lowest BCUT2D eigenvalue weighted by Gasteiger charge is -2.62. The van der Waals surface area contributed by atoms with Gasteiger partial charge < -0.3 is 53.6 Å². The molecule has 2 saturated heterocycles. The number of aliphatic hydroxyl groups is 5. The monoisotopic (exact) mass is 624 g/mol. The number of hydrogen-bond acceptors (Lipinski definition) is 14. The lowest BCUT2D eigenvalue weighted by Crippen LogP contribution is -2.66. The van der Waals surface area contributed by atoms with Crippen LogP contribution in [0.1, 0.15) is 51.7 Å². The highest BCUT2D eigenvalue weighted by Crippen LogP contribution is 2.66. The summed E-state index contributed by atoms with van der Waals surface area (Å²) in [6.45, 7) is 4.25. The Balaban J connectivity index is 1.60. The van der Waals surface area contributed by atoms with Gasteiger partial charge in [0.25, 0.3) is 0 Å². The summed E-state index contributed by atoms with van der Waals surface area (Å²) >= 11 is 0. The Morgan fingerprint density at radius 3 is 2.48 bits per heavy atom. The minimum atomic E-state index is -1.74. The zero-order chi connectivity index (χ0) is 32.1. The Morgan fingerprint density at radius 2 is 1.86 bits per heavy atom. The Hall–Kier alpha value is -2.85. The van der Waals surface area contributed by atoms with Gasteiger partial charge in [-0.3, -0.25) is 4.79 Å². The molecule has 0 bridgehead atoms. The third-order valence-electron chi connectivity index (χ3n) is 10.1. The SMILES string of the molecule is COC(=O)C1=C[C@H](OC(=O)C(C)O)C[C@@H]2[C@]3(C)C[C@@H](c4ccoc4)OC(=O)[C@H]3C[C@H](O[C@@H]3O[C@H](CO)[C@@H](O)[C@H](O)[C@H]3O)[C@@]12C. The van der Waals surface area contributed by atoms with Crippen LogP contribution in [0.5, 0.6) is 0 Å². The molecule has 3 fully saturated rings. The molecule has 1 aromatic rings. The Kier molecular flexibility index (Phi) is 8.99. The third kappa shape index (κ3) is 5.36. The largest absolute Gasteiger partial charge is 0.472 e. The molecule has 5 rings (SSSR count). The average Bonchev–Trinajstić information content (AvgIpc) is 3.53. The van der Waals surface area contributed by atoms with Gasteiger partial charge in [0.2, 0.25) is 0 Å². The molecule has 1 saturated carbocycles. The van der Waals surface area contributed by atoms with Crippen molar-refractivity contribution in [3.63, 3.8) is 0 Å². The van der Waals surface area contributed by atoms with Gasteiger partial charge >= 0.3 is 17.9 Å². The summed E-state index contributed by atoms with van der Waals surface area (Å²) in [6.07, 6.45) is -7.13. The molecule has 0 radical (unpaired) electrons. The van der Waals surface area contributed by atoms with Crippen molar-refractivity contribution in [1.82, 2.24) is 0 Å². The van der Waals surface area contributed by atoms with Crippen molar-refractivity contribution in [1.29, 1.82) is 0 Å². The minimum absolute atomic E-state index is 0.00191. The molecular formula is C30H40O14. The summed E-state index contributed by atoms with van der Waals surface area (Å²) < 4.78 is 33.8. The number of rotatable bonds is 7. The maximum atomic E-state index is 13.7. The van der Waals surface area contributed by atoms with E-state index in [1.807, 2.05) is 6.92 Å². The molecule has 0 amide bonds. The Morgan fingerprint density at radius 1 is 1.14 bits per heavy atom. The number of esters is 3. The van der Waals surface area contributed by atoms with Crippen LogP contribution in [0.15, 0.2) is 34.7 Å². The van der Waals surface area contributed by atoms with Crippen LogP contribution >= 0.6 is 0 Å². The second kappa shape index (κ2) is 12.2. The van der Waals surface area contributed by atoms with Crippen LogP contribution in [0.3, 0.4) is 0 Å². The first-order valence-corrected chi connectivity index (χ1v) is 14.6. The molecule has 1 aromatic heterocycles. The van der Waals surface area contributed by atoms with Crippen LogP contribution in [0, 0.1) is 22.7 Å². The van der Waals surface area contributed by atoms with E-state index >= 15 is 0 Å². The van der Waals surface area contributed by atoms with Crippen LogP contribution in [-0.4, -0.2) is 106 Å². The van der Waals surface area contributed by atoms with Crippen LogP contribution < -0.4 is 0 Å². The summed E-state index contributed by atoms with van der Waals surface area (Å²) in [4.78, 5) is 39.6. The molecule has 13 atom stereocenters. The number of furan rings is 1. The van der Waals surface area contributed by atoms with E-state index in [1.165, 1.54) is 32.6 Å². The van der Waals surface area contributed by atoms with Crippen molar-refractivity contribution >= 4 is 17.9 Å². The van der Waals surface area contributed by atoms with Gasteiger partial charge in [-0.1, -0.05) is 13.8 Å². The maximum absolute atomic E-state index is 13.7. The Bertz CT molecular complexity index is 1260. The average molecular weight is 625 g/mol. The highest BCUT2D eigenvalue weighted by Gasteiger charge is 2.67. The number of fused-ring (bicyclic) bond motifs is 3. The molecule has 0 aromatic carbocycles. The fourth-order valence-electron chi connectivity index (χ4n) is 7.65. The molecular weight excluding hydrogens is 584 g/mol. The topological polar surface area (TPSA) is 212 Å². The van der Waals surface area contributed by atoms with Crippen molar-refractivity contribution in [2.45, 2.75) is 95.2 Å². The number of aliphatic hydroxyl groups excluding tert-OH is 5. The summed E-state index contributed by atoms with van der Waals surface area (Å²) in [5.41, 5.74) is -1.38. The summed E-state index contributed by atoms with van der Waals surface area (Å²) in [6, 6.07) is 1.70. The predicted octanol–water partition coefficient (Wildman–Crippen LogP) is -0.103. The normalized spacial score (nSPS) is 42.7. The number of cyclic esters (lactones) is 1. The van der Waals surface area contributed by atoms with Crippen molar-refractivity contribution < 1.29 is 68.0 Å². The number of carbonyl (C=O) groups is 3. The molecule has 5 N–H and O–H groups in total. The molecule has 2 aliphatic heterocycles. The number of hydrogen-bond donors (Lipinski definition) is 5. The minimum Gasteiger partial charge on any atom is -0.472 e. The van der Waals surface area contributed by atoms with Crippen molar-refractivity contribution in [2.75, 3.05) is 13.7 Å². The van der Waals surface area contributed by atoms with Gasteiger partial charge in [0.05, 0.1) is 38.3 Å². The van der Waals surface area contributed by atoms with E-state index in [4.69, 9.17) is 28.1 Å². The summed E-state index contributed by atoms with van der Waals surface area (Å²) in [5.74, 6) is -3.57. The van der Waals surface area contributed by atoms with Crippen molar-refractivity contribution in [3.05, 3.63) is 35.8 Å². The summed E-state index contributed by atoms with van der Waals surface area (Å²) in [5, 5.41) is 51.0. The highest BCUT2D eigenvalue weighted by atomic mass is 16.7. The fraction of sp³-hybridized carbons (Fsp3) is 0.700. The van der Waals surface area contributed by atoms with Crippen LogP contribution in [0.2, 0.25) is 0 Å². The molecule has 244 valence electrons. The van der Waals surface area contributed by atoms with Crippen molar-refractivity contribution in [2.24, 2.45) is 22.7 Å². The molecule has 2 aliphatic carbocycles. The lowest BCUT2D eigenvalue weighted by atomic mass is 9.44. The van der Waals surface area contributed by atoms with Crippen LogP contribution in [0.4, 0.5) is 0 Å². The van der Waals surface area contributed by atoms with Crippen molar-refractivity contribution in [3.8, 4) is 0 Å². The van der Waals surface area contributed by atoms with Gasteiger partial charge in [-0.05, 0) is 49.7 Å². The molecule has 44 heavy (non-hydrogen) atoms. The third-order valence-corrected chi connectivity index (χ3v) is 10.1. The van der Waals surface area contributed by atoms with E-state index in [0.29, 0.717) is 12.0 Å². The maximum Gasteiger partial charge on any atom is 0.335 e. The van der Waals surface area contributed by atoms with Crippen LogP contribution in [0.25, 0.3) is 0 Å². The lowest BCUT2D eigenvalue weighted by molar-refractivity contribution is -0.329. The van der Waals surface area contributed by atoms with Crippen LogP contribution in [-0.2, 0) is 38.1 Å². The zero-order valence-electron chi connectivity index (χ0n) is 24.9. The summed E-state index contributed by atoms with van der Waals surface area (Å²) in [7, 11) is 1.20. The van der Waals surface area contributed by atoms with E-state index in [-0.39, 0.29) is 18.4 Å². The second-order valence-electron chi connectivity index (χ2n) is 12.6. The van der Waals surface area contributed by atoms with Gasteiger partial charge in [0.15, 0.2) is 6.29 Å². The molecule has 3 heterocycles. The van der Waals surface area contributed by atoms with E-state index < -0.39 is 102 Å². The van der Waals surface area contributed by atoms with E-state index in [0.717, 1.165) is 0 Å². The standard InChI is InChI=1S/C30H40O14/c1-13(32)25(36)41-15-7-17(26(37)39-4)30(3)20(8-15)29(2)10-18(14-5-6-40-12-14)42-27(38)16(29)9-21(30)44-28-24(35)23(34)22(33)19(11-31)43-28/h5-7,12-13,15-16,18-24,28,31-35H,8-11H2,1-4H3/t13?,15-,16+,18-,19+,20+,21-,22+,23-,24+,28-,29+,30-/m0/s1. The molecule has 14 heteroatoms. The first-order valence-electron chi connectivity index (χ1n) is 14.6. The van der Waals surface area contributed by atoms with Gasteiger partial charge in [0.1, 0.15) is 42.7 Å². The molecule has 0 spiro atoms. The first-order chi connectivity index (χ1) is 20.8. The van der Waals surface area contributed by atoms with E-state index in [2.05, 4.69) is 0 Å². The predicted molar refractivity (Wildman–Crippen MR) is 145 cm³/mol. The zero-order valence-corrected chi connectivity index (χ0v) is 24.9. The smallest absolute Gasteiger partial charge is 0.335 e. The number of methoxy groups -OCH3 is 1. The molecule has 1 unspecified atom stereocenters. The van der Waals surface area contributed by atoms with E-state index in [9.17, 15) is 39.9 Å². The fourth-order valence-corrected chi connectivity index (χ4v) is 7.65. The number of carbonyl (C=O) groups excluding carboxylic acids is 3. The second-order valence-corrected chi connectivity index (χ2v) is 12.6. The van der Waals surface area contributed by atoms with Gasteiger partial charge in [-0.25, -0.2) is 9.59 Å². The highest BCUT2D eigenvalue weighted by molar-refractivity contribution is 5.91. The quantitative estimate of drug-likeness (QED) is 0.198. The Labute approximate surface area is 253 Å².